The zero-order chi connectivity index (χ0) is 27.1. The van der Waals surface area contributed by atoms with Gasteiger partial charge in [0.05, 0.1) is 23.6 Å². The van der Waals surface area contributed by atoms with Crippen LogP contribution in [0.2, 0.25) is 5.02 Å². The van der Waals surface area contributed by atoms with Gasteiger partial charge in [0.25, 0.3) is 0 Å². The fourth-order valence-corrected chi connectivity index (χ4v) is 5.92. The summed E-state index contributed by atoms with van der Waals surface area (Å²) in [6.07, 6.45) is 0.225. The number of benzene rings is 3. The standard InChI is InChI=1S/C28H32ClN3O5S/c1-3-37-27-14-13-24(20-25(27)29)38(34,35)30-26(19-21-7-5-4-6-8-21)28(33)32-17-15-31(16-18-32)22-9-11-23(36-2)12-10-22/h4-14,20,26,30H,3,15-19H2,1-2H3/t26-/m1/s1. The lowest BCUT2D eigenvalue weighted by atomic mass is 10.1. The van der Waals surface area contributed by atoms with E-state index in [0.29, 0.717) is 38.5 Å². The molecule has 10 heteroatoms. The minimum absolute atomic E-state index is 0.0267. The topological polar surface area (TPSA) is 88.2 Å². The average Bonchev–Trinajstić information content (AvgIpc) is 2.94. The Morgan fingerprint density at radius 2 is 1.68 bits per heavy atom. The van der Waals surface area contributed by atoms with Crippen molar-refractivity contribution in [2.75, 3.05) is 44.8 Å². The highest BCUT2D eigenvalue weighted by Crippen LogP contribution is 2.28. The second kappa shape index (κ2) is 12.5. The van der Waals surface area contributed by atoms with Crippen LogP contribution in [0.4, 0.5) is 5.69 Å². The molecule has 1 N–H and O–H groups in total. The predicted molar refractivity (Wildman–Crippen MR) is 149 cm³/mol. The maximum atomic E-state index is 13.7. The van der Waals surface area contributed by atoms with E-state index in [4.69, 9.17) is 21.1 Å². The van der Waals surface area contributed by atoms with Crippen LogP contribution in [-0.2, 0) is 21.2 Å². The normalized spacial score (nSPS) is 14.7. The van der Waals surface area contributed by atoms with Crippen LogP contribution in [0.5, 0.6) is 11.5 Å². The van der Waals surface area contributed by atoms with Crippen LogP contribution in [0.1, 0.15) is 12.5 Å². The van der Waals surface area contributed by atoms with Crippen molar-refractivity contribution >= 4 is 33.2 Å². The van der Waals surface area contributed by atoms with Crippen molar-refractivity contribution in [3.63, 3.8) is 0 Å². The van der Waals surface area contributed by atoms with E-state index >= 15 is 0 Å². The van der Waals surface area contributed by atoms with Gasteiger partial charge in [0.2, 0.25) is 15.9 Å². The monoisotopic (exact) mass is 557 g/mol. The number of piperazine rings is 1. The number of rotatable bonds is 10. The first-order chi connectivity index (χ1) is 18.3. The number of hydrogen-bond acceptors (Lipinski definition) is 6. The molecule has 1 atom stereocenters. The zero-order valence-corrected chi connectivity index (χ0v) is 23.0. The minimum atomic E-state index is -4.04. The van der Waals surface area contributed by atoms with Crippen LogP contribution in [0.25, 0.3) is 0 Å². The lowest BCUT2D eigenvalue weighted by Gasteiger charge is -2.37. The molecule has 38 heavy (non-hydrogen) atoms. The van der Waals surface area contributed by atoms with Crippen LogP contribution in [0.15, 0.2) is 77.7 Å². The number of hydrogen-bond donors (Lipinski definition) is 1. The Balaban J connectivity index is 1.50. The van der Waals surface area contributed by atoms with E-state index in [9.17, 15) is 13.2 Å². The van der Waals surface area contributed by atoms with E-state index in [1.165, 1.54) is 18.2 Å². The Morgan fingerprint density at radius 1 is 1.00 bits per heavy atom. The van der Waals surface area contributed by atoms with Crippen molar-refractivity contribution in [1.29, 1.82) is 0 Å². The van der Waals surface area contributed by atoms with Gasteiger partial charge in [0.1, 0.15) is 17.5 Å². The van der Waals surface area contributed by atoms with Gasteiger partial charge < -0.3 is 19.3 Å². The van der Waals surface area contributed by atoms with Crippen LogP contribution < -0.4 is 19.1 Å². The largest absolute Gasteiger partial charge is 0.497 e. The molecule has 1 aliphatic heterocycles. The Kier molecular flexibility index (Phi) is 9.14. The third-order valence-corrected chi connectivity index (χ3v) is 8.19. The Bertz CT molecular complexity index is 1330. The fourth-order valence-electron chi connectivity index (χ4n) is 4.40. The SMILES string of the molecule is CCOc1ccc(S(=O)(=O)N[C@H](Cc2ccccc2)C(=O)N2CCN(c3ccc(OC)cc3)CC2)cc1Cl. The van der Waals surface area contributed by atoms with Gasteiger partial charge in [-0.05, 0) is 61.4 Å². The van der Waals surface area contributed by atoms with Gasteiger partial charge in [-0.3, -0.25) is 4.79 Å². The molecule has 4 rings (SSSR count). The first kappa shape index (κ1) is 27.8. The van der Waals surface area contributed by atoms with Crippen molar-refractivity contribution in [3.8, 4) is 11.5 Å². The Morgan fingerprint density at radius 3 is 2.29 bits per heavy atom. The van der Waals surface area contributed by atoms with E-state index < -0.39 is 16.1 Å². The van der Waals surface area contributed by atoms with Gasteiger partial charge in [-0.25, -0.2) is 8.42 Å². The number of ether oxygens (including phenoxy) is 2. The molecule has 1 saturated heterocycles. The third-order valence-electron chi connectivity index (χ3n) is 6.42. The van der Waals surface area contributed by atoms with Crippen LogP contribution >= 0.6 is 11.6 Å². The Hall–Kier alpha value is -3.27. The lowest BCUT2D eigenvalue weighted by Crippen LogP contribution is -2.55. The molecule has 0 bridgehead atoms. The molecule has 0 radical (unpaired) electrons. The second-order valence-electron chi connectivity index (χ2n) is 8.90. The Labute approximate surface area is 229 Å². The average molecular weight is 558 g/mol. The zero-order valence-electron chi connectivity index (χ0n) is 21.5. The molecular weight excluding hydrogens is 526 g/mol. The third kappa shape index (κ3) is 6.78. The van der Waals surface area contributed by atoms with Gasteiger partial charge in [-0.15, -0.1) is 0 Å². The maximum absolute atomic E-state index is 13.7. The van der Waals surface area contributed by atoms with E-state index in [0.717, 1.165) is 17.0 Å². The highest BCUT2D eigenvalue weighted by molar-refractivity contribution is 7.89. The summed E-state index contributed by atoms with van der Waals surface area (Å²) in [6.45, 7) is 4.46. The van der Waals surface area contributed by atoms with E-state index in [2.05, 4.69) is 9.62 Å². The molecule has 3 aromatic rings. The van der Waals surface area contributed by atoms with Gasteiger partial charge in [0, 0.05) is 31.9 Å². The number of halogens is 1. The van der Waals surface area contributed by atoms with Crippen LogP contribution in [-0.4, -0.2) is 65.2 Å². The molecule has 1 heterocycles. The molecule has 3 aromatic carbocycles. The predicted octanol–water partition coefficient (Wildman–Crippen LogP) is 3.99. The number of amides is 1. The molecule has 0 aromatic heterocycles. The maximum Gasteiger partial charge on any atom is 0.241 e. The quantitative estimate of drug-likeness (QED) is 0.406. The molecule has 1 aliphatic rings. The first-order valence-electron chi connectivity index (χ1n) is 12.5. The summed E-state index contributed by atoms with van der Waals surface area (Å²) in [4.78, 5) is 17.6. The van der Waals surface area contributed by atoms with Crippen molar-refractivity contribution in [2.45, 2.75) is 24.3 Å². The summed E-state index contributed by atoms with van der Waals surface area (Å²) in [5.74, 6) is 0.927. The molecular formula is C28H32ClN3O5S. The minimum Gasteiger partial charge on any atom is -0.497 e. The molecule has 1 amide bonds. The molecule has 202 valence electrons. The highest BCUT2D eigenvalue weighted by Gasteiger charge is 2.31. The van der Waals surface area contributed by atoms with E-state index in [1.54, 1.807) is 12.0 Å². The van der Waals surface area contributed by atoms with Crippen molar-refractivity contribution < 1.29 is 22.7 Å². The van der Waals surface area contributed by atoms with Crippen LogP contribution in [0, 0.1) is 0 Å². The van der Waals surface area contributed by atoms with E-state index in [-0.39, 0.29) is 22.2 Å². The molecule has 0 spiro atoms. The number of carbonyl (C=O) groups is 1. The molecule has 0 saturated carbocycles. The van der Waals surface area contributed by atoms with Crippen molar-refractivity contribution in [3.05, 3.63) is 83.4 Å². The molecule has 0 aliphatic carbocycles. The number of sulfonamides is 1. The van der Waals surface area contributed by atoms with E-state index in [1.807, 2.05) is 61.5 Å². The smallest absolute Gasteiger partial charge is 0.241 e. The number of carbonyl (C=O) groups excluding carboxylic acids is 1. The number of nitrogens with zero attached hydrogens (tertiary/aromatic N) is 2. The van der Waals surface area contributed by atoms with Crippen LogP contribution in [0.3, 0.4) is 0 Å². The van der Waals surface area contributed by atoms with Gasteiger partial charge >= 0.3 is 0 Å². The molecule has 8 nitrogen and oxygen atoms in total. The number of anilines is 1. The fraction of sp³-hybridized carbons (Fsp3) is 0.321. The summed E-state index contributed by atoms with van der Waals surface area (Å²) in [5, 5.41) is 0.190. The van der Waals surface area contributed by atoms with Crippen molar-refractivity contribution in [1.82, 2.24) is 9.62 Å². The molecule has 1 fully saturated rings. The summed E-state index contributed by atoms with van der Waals surface area (Å²) >= 11 is 6.24. The van der Waals surface area contributed by atoms with Crippen molar-refractivity contribution in [2.24, 2.45) is 0 Å². The molecule has 0 unspecified atom stereocenters. The second-order valence-corrected chi connectivity index (χ2v) is 11.0. The van der Waals surface area contributed by atoms with Gasteiger partial charge in [-0.1, -0.05) is 41.9 Å². The highest BCUT2D eigenvalue weighted by atomic mass is 35.5. The van der Waals surface area contributed by atoms with Gasteiger partial charge in [0.15, 0.2) is 0 Å². The first-order valence-corrected chi connectivity index (χ1v) is 14.3. The summed E-state index contributed by atoms with van der Waals surface area (Å²) in [5.41, 5.74) is 1.90. The number of nitrogens with one attached hydrogen (secondary N) is 1. The summed E-state index contributed by atoms with van der Waals surface area (Å²) in [6, 6.07) is 20.5. The summed E-state index contributed by atoms with van der Waals surface area (Å²) in [7, 11) is -2.41. The summed E-state index contributed by atoms with van der Waals surface area (Å²) < 4.78 is 40.0. The number of methoxy groups -OCH3 is 1. The lowest BCUT2D eigenvalue weighted by molar-refractivity contribution is -0.133. The van der Waals surface area contributed by atoms with Gasteiger partial charge in [-0.2, -0.15) is 4.72 Å².